The van der Waals surface area contributed by atoms with Crippen LogP contribution < -0.4 is 19.9 Å². The summed E-state index contributed by atoms with van der Waals surface area (Å²) in [6.07, 6.45) is 2.27. The molecule has 3 rings (SSSR count). The molecule has 2 aromatic rings. The normalized spacial score (nSPS) is 13.5. The van der Waals surface area contributed by atoms with Crippen molar-refractivity contribution < 1.29 is 9.53 Å². The van der Waals surface area contributed by atoms with Crippen LogP contribution in [0.2, 0.25) is 5.02 Å². The van der Waals surface area contributed by atoms with Crippen LogP contribution in [0.3, 0.4) is 0 Å². The molecule has 1 saturated heterocycles. The third-order valence-corrected chi connectivity index (χ3v) is 4.33. The van der Waals surface area contributed by atoms with E-state index in [1.54, 1.807) is 24.3 Å². The standard InChI is InChI=1S/C18H23ClN6O2/c1-24(2)17-21-15(22-18(23-17)25-9-3-4-10-25)11-20-16(26)12-27-14-7-5-13(19)6-8-14/h5-8H,3-4,9-12H2,1-2H3,(H,20,26). The Morgan fingerprint density at radius 1 is 1.19 bits per heavy atom. The zero-order valence-corrected chi connectivity index (χ0v) is 16.2. The molecule has 0 spiro atoms. The van der Waals surface area contributed by atoms with E-state index in [9.17, 15) is 4.79 Å². The van der Waals surface area contributed by atoms with E-state index in [1.807, 2.05) is 19.0 Å². The van der Waals surface area contributed by atoms with Gasteiger partial charge >= 0.3 is 0 Å². The van der Waals surface area contributed by atoms with Crippen molar-refractivity contribution in [2.45, 2.75) is 19.4 Å². The average Bonchev–Trinajstić information content (AvgIpc) is 3.20. The molecule has 0 unspecified atom stereocenters. The molecule has 1 aliphatic heterocycles. The highest BCUT2D eigenvalue weighted by molar-refractivity contribution is 6.30. The van der Waals surface area contributed by atoms with E-state index in [2.05, 4.69) is 25.2 Å². The van der Waals surface area contributed by atoms with Gasteiger partial charge in [0.2, 0.25) is 11.9 Å². The van der Waals surface area contributed by atoms with Gasteiger partial charge in [0.05, 0.1) is 6.54 Å². The molecule has 2 heterocycles. The van der Waals surface area contributed by atoms with Gasteiger partial charge in [-0.25, -0.2) is 0 Å². The number of hydrogen-bond acceptors (Lipinski definition) is 7. The van der Waals surface area contributed by atoms with Crippen LogP contribution in [0, 0.1) is 0 Å². The average molecular weight is 391 g/mol. The van der Waals surface area contributed by atoms with Gasteiger partial charge in [0.15, 0.2) is 12.4 Å². The maximum atomic E-state index is 12.1. The Balaban J connectivity index is 1.58. The molecule has 9 heteroatoms. The fraction of sp³-hybridized carbons (Fsp3) is 0.444. The number of rotatable bonds is 7. The van der Waals surface area contributed by atoms with Crippen LogP contribution in [0.5, 0.6) is 5.75 Å². The Bertz CT molecular complexity index is 778. The summed E-state index contributed by atoms with van der Waals surface area (Å²) >= 11 is 5.83. The van der Waals surface area contributed by atoms with Gasteiger partial charge in [-0.15, -0.1) is 0 Å². The highest BCUT2D eigenvalue weighted by Crippen LogP contribution is 2.18. The second kappa shape index (κ2) is 8.85. The van der Waals surface area contributed by atoms with Crippen LogP contribution >= 0.6 is 11.6 Å². The number of nitrogens with zero attached hydrogens (tertiary/aromatic N) is 5. The lowest BCUT2D eigenvalue weighted by molar-refractivity contribution is -0.123. The number of amides is 1. The van der Waals surface area contributed by atoms with Gasteiger partial charge in [-0.3, -0.25) is 4.79 Å². The molecule has 8 nitrogen and oxygen atoms in total. The largest absolute Gasteiger partial charge is 0.484 e. The van der Waals surface area contributed by atoms with Crippen LogP contribution in [-0.2, 0) is 11.3 Å². The van der Waals surface area contributed by atoms with Gasteiger partial charge in [0.1, 0.15) is 5.75 Å². The maximum absolute atomic E-state index is 12.1. The Labute approximate surface area is 163 Å². The summed E-state index contributed by atoms with van der Waals surface area (Å²) in [6, 6.07) is 6.85. The van der Waals surface area contributed by atoms with Crippen molar-refractivity contribution >= 4 is 29.4 Å². The molecule has 1 aliphatic rings. The Hall–Kier alpha value is -2.61. The van der Waals surface area contributed by atoms with Gasteiger partial charge in [-0.1, -0.05) is 11.6 Å². The van der Waals surface area contributed by atoms with Crippen molar-refractivity contribution in [1.82, 2.24) is 20.3 Å². The Kier molecular flexibility index (Phi) is 6.28. The predicted molar refractivity (Wildman–Crippen MR) is 104 cm³/mol. The number of benzene rings is 1. The Morgan fingerprint density at radius 3 is 2.56 bits per heavy atom. The summed E-state index contributed by atoms with van der Waals surface area (Å²) in [7, 11) is 3.76. The van der Waals surface area contributed by atoms with Crippen molar-refractivity contribution in [2.24, 2.45) is 0 Å². The number of carbonyl (C=O) groups excluding carboxylic acids is 1. The van der Waals surface area contributed by atoms with E-state index in [0.29, 0.717) is 28.5 Å². The van der Waals surface area contributed by atoms with E-state index in [4.69, 9.17) is 16.3 Å². The molecule has 0 radical (unpaired) electrons. The third kappa shape index (κ3) is 5.43. The zero-order chi connectivity index (χ0) is 19.2. The first-order valence-electron chi connectivity index (χ1n) is 8.83. The molecule has 0 atom stereocenters. The van der Waals surface area contributed by atoms with Crippen LogP contribution in [0.25, 0.3) is 0 Å². The topological polar surface area (TPSA) is 83.5 Å². The Morgan fingerprint density at radius 2 is 1.89 bits per heavy atom. The number of hydrogen-bond donors (Lipinski definition) is 1. The summed E-state index contributed by atoms with van der Waals surface area (Å²) < 4.78 is 5.44. The first-order valence-corrected chi connectivity index (χ1v) is 9.21. The van der Waals surface area contributed by atoms with Crippen molar-refractivity contribution in [3.63, 3.8) is 0 Å². The minimum atomic E-state index is -0.250. The maximum Gasteiger partial charge on any atom is 0.258 e. The molecule has 0 aliphatic carbocycles. The molecule has 1 fully saturated rings. The zero-order valence-electron chi connectivity index (χ0n) is 15.5. The number of halogens is 1. The lowest BCUT2D eigenvalue weighted by atomic mass is 10.3. The first kappa shape index (κ1) is 19.2. The monoisotopic (exact) mass is 390 g/mol. The summed E-state index contributed by atoms with van der Waals surface area (Å²) in [4.78, 5) is 29.5. The van der Waals surface area contributed by atoms with E-state index < -0.39 is 0 Å². The van der Waals surface area contributed by atoms with Crippen molar-refractivity contribution in [3.05, 3.63) is 35.1 Å². The fourth-order valence-corrected chi connectivity index (χ4v) is 2.77. The van der Waals surface area contributed by atoms with Gasteiger partial charge in [-0.2, -0.15) is 15.0 Å². The smallest absolute Gasteiger partial charge is 0.258 e. The third-order valence-electron chi connectivity index (χ3n) is 4.07. The minimum absolute atomic E-state index is 0.0910. The van der Waals surface area contributed by atoms with Crippen molar-refractivity contribution in [1.29, 1.82) is 0 Å². The van der Waals surface area contributed by atoms with Crippen LogP contribution in [0.4, 0.5) is 11.9 Å². The summed E-state index contributed by atoms with van der Waals surface area (Å²) in [5.74, 6) is 2.09. The predicted octanol–water partition coefficient (Wildman–Crippen LogP) is 1.89. The molecule has 1 aromatic carbocycles. The fourth-order valence-electron chi connectivity index (χ4n) is 2.64. The second-order valence-electron chi connectivity index (χ2n) is 6.46. The number of nitrogens with one attached hydrogen (secondary N) is 1. The molecule has 1 N–H and O–H groups in total. The quantitative estimate of drug-likeness (QED) is 0.772. The highest BCUT2D eigenvalue weighted by atomic mass is 35.5. The summed E-state index contributed by atoms with van der Waals surface area (Å²) in [5.41, 5.74) is 0. The number of aromatic nitrogens is 3. The van der Waals surface area contributed by atoms with Crippen LogP contribution in [0.1, 0.15) is 18.7 Å². The second-order valence-corrected chi connectivity index (χ2v) is 6.90. The lowest BCUT2D eigenvalue weighted by Gasteiger charge is -2.19. The van der Waals surface area contributed by atoms with Gasteiger partial charge < -0.3 is 19.9 Å². The van der Waals surface area contributed by atoms with Crippen molar-refractivity contribution in [3.8, 4) is 5.75 Å². The lowest BCUT2D eigenvalue weighted by Crippen LogP contribution is -2.30. The molecular weight excluding hydrogens is 368 g/mol. The van der Waals surface area contributed by atoms with Crippen LogP contribution in [0.15, 0.2) is 24.3 Å². The molecule has 0 bridgehead atoms. The first-order chi connectivity index (χ1) is 13.0. The molecule has 1 aromatic heterocycles. The molecule has 1 amide bonds. The van der Waals surface area contributed by atoms with E-state index >= 15 is 0 Å². The van der Waals surface area contributed by atoms with E-state index in [1.165, 1.54) is 0 Å². The molecule has 0 saturated carbocycles. The number of anilines is 2. The molecular formula is C18H23ClN6O2. The SMILES string of the molecule is CN(C)c1nc(CNC(=O)COc2ccc(Cl)cc2)nc(N2CCCC2)n1. The minimum Gasteiger partial charge on any atom is -0.484 e. The number of carbonyl (C=O) groups is 1. The van der Waals surface area contributed by atoms with Gasteiger partial charge in [0, 0.05) is 32.2 Å². The van der Waals surface area contributed by atoms with E-state index in [-0.39, 0.29) is 19.1 Å². The van der Waals surface area contributed by atoms with E-state index in [0.717, 1.165) is 25.9 Å². The van der Waals surface area contributed by atoms with Crippen molar-refractivity contribution in [2.75, 3.05) is 43.6 Å². The number of ether oxygens (including phenoxy) is 1. The molecule has 27 heavy (non-hydrogen) atoms. The summed E-state index contributed by atoms with van der Waals surface area (Å²) in [5, 5.41) is 3.40. The van der Waals surface area contributed by atoms with Gasteiger partial charge in [0.25, 0.3) is 5.91 Å². The summed E-state index contributed by atoms with van der Waals surface area (Å²) in [6.45, 7) is 2.01. The molecule has 144 valence electrons. The van der Waals surface area contributed by atoms with Crippen LogP contribution in [-0.4, -0.2) is 54.7 Å². The highest BCUT2D eigenvalue weighted by Gasteiger charge is 2.18. The van der Waals surface area contributed by atoms with Gasteiger partial charge in [-0.05, 0) is 37.1 Å².